The Kier molecular flexibility index (Phi) is 3.45. The van der Waals surface area contributed by atoms with Gasteiger partial charge in [0.05, 0.1) is 24.9 Å². The Labute approximate surface area is 79.4 Å². The molecular formula is C10H18O3. The highest BCUT2D eigenvalue weighted by molar-refractivity contribution is 5.85. The summed E-state index contributed by atoms with van der Waals surface area (Å²) >= 11 is 0. The predicted octanol–water partition coefficient (Wildman–Crippen LogP) is 1.55. The lowest BCUT2D eigenvalue weighted by Gasteiger charge is -2.25. The van der Waals surface area contributed by atoms with E-state index in [-0.39, 0.29) is 11.7 Å². The molecule has 0 saturated heterocycles. The average molecular weight is 186 g/mol. The largest absolute Gasteiger partial charge is 0.375 e. The average Bonchev–Trinajstić information content (AvgIpc) is 1.91. The van der Waals surface area contributed by atoms with Gasteiger partial charge in [-0.3, -0.25) is 4.79 Å². The van der Waals surface area contributed by atoms with Crippen LogP contribution in [0.25, 0.3) is 0 Å². The third-order valence-electron chi connectivity index (χ3n) is 1.88. The minimum absolute atomic E-state index is 0.0984. The summed E-state index contributed by atoms with van der Waals surface area (Å²) in [5.74, 6) is 0.307. The second-order valence-electron chi connectivity index (χ2n) is 4.40. The molecule has 0 aromatic heterocycles. The highest BCUT2D eigenvalue weighted by Gasteiger charge is 2.26. The lowest BCUT2D eigenvalue weighted by molar-refractivity contribution is -0.136. The van der Waals surface area contributed by atoms with E-state index in [4.69, 9.17) is 9.47 Å². The van der Waals surface area contributed by atoms with Crippen LogP contribution < -0.4 is 0 Å². The van der Waals surface area contributed by atoms with Crippen molar-refractivity contribution in [3.05, 3.63) is 0 Å². The van der Waals surface area contributed by atoms with Crippen molar-refractivity contribution in [2.45, 2.75) is 45.3 Å². The molecule has 76 valence electrons. The lowest BCUT2D eigenvalue weighted by Crippen LogP contribution is -2.33. The first kappa shape index (κ1) is 10.7. The fraction of sp³-hybridized carbons (Fsp3) is 0.900. The van der Waals surface area contributed by atoms with E-state index in [1.807, 2.05) is 20.8 Å². The van der Waals surface area contributed by atoms with Crippen LogP contribution in [0, 0.1) is 0 Å². The number of rotatable bonds is 4. The molecule has 1 aliphatic rings. The standard InChI is InChI=1S/C10H18O3/c1-10(2,3)13-5-4-12-9-6-8(11)7-9/h9H,4-7H2,1-3H3. The zero-order valence-corrected chi connectivity index (χ0v) is 8.63. The van der Waals surface area contributed by atoms with Crippen molar-refractivity contribution in [3.63, 3.8) is 0 Å². The summed E-state index contributed by atoms with van der Waals surface area (Å²) in [6.45, 7) is 7.24. The minimum atomic E-state index is -0.0984. The van der Waals surface area contributed by atoms with Crippen molar-refractivity contribution in [1.29, 1.82) is 0 Å². The highest BCUT2D eigenvalue weighted by atomic mass is 16.5. The molecule has 1 saturated carbocycles. The zero-order chi connectivity index (χ0) is 9.90. The van der Waals surface area contributed by atoms with Gasteiger partial charge in [-0.2, -0.15) is 0 Å². The van der Waals surface area contributed by atoms with Gasteiger partial charge in [-0.25, -0.2) is 0 Å². The molecule has 13 heavy (non-hydrogen) atoms. The summed E-state index contributed by atoms with van der Waals surface area (Å²) in [6, 6.07) is 0. The van der Waals surface area contributed by atoms with Crippen LogP contribution in [0.5, 0.6) is 0 Å². The van der Waals surface area contributed by atoms with Gasteiger partial charge in [-0.15, -0.1) is 0 Å². The Morgan fingerprint density at radius 1 is 1.31 bits per heavy atom. The SMILES string of the molecule is CC(C)(C)OCCOC1CC(=O)C1. The van der Waals surface area contributed by atoms with Crippen molar-refractivity contribution in [1.82, 2.24) is 0 Å². The normalized spacial score (nSPS) is 18.8. The van der Waals surface area contributed by atoms with Crippen LogP contribution in [0.3, 0.4) is 0 Å². The molecule has 1 aliphatic carbocycles. The van der Waals surface area contributed by atoms with E-state index < -0.39 is 0 Å². The van der Waals surface area contributed by atoms with Gasteiger partial charge in [0.2, 0.25) is 0 Å². The summed E-state index contributed by atoms with van der Waals surface area (Å²) in [6.07, 6.45) is 1.35. The second kappa shape index (κ2) is 4.20. The Hall–Kier alpha value is -0.410. The van der Waals surface area contributed by atoms with E-state index >= 15 is 0 Å². The van der Waals surface area contributed by atoms with Gasteiger partial charge >= 0.3 is 0 Å². The molecular weight excluding hydrogens is 168 g/mol. The van der Waals surface area contributed by atoms with Gasteiger partial charge in [-0.05, 0) is 20.8 Å². The van der Waals surface area contributed by atoms with Crippen molar-refractivity contribution in [2.75, 3.05) is 13.2 Å². The molecule has 1 rings (SSSR count). The monoisotopic (exact) mass is 186 g/mol. The first-order chi connectivity index (χ1) is 5.97. The number of Topliss-reactive ketones (excluding diaryl/α,β-unsaturated/α-hetero) is 1. The van der Waals surface area contributed by atoms with E-state index in [2.05, 4.69) is 0 Å². The molecule has 0 bridgehead atoms. The summed E-state index contributed by atoms with van der Waals surface area (Å²) in [5, 5.41) is 0. The van der Waals surface area contributed by atoms with Gasteiger partial charge in [0.1, 0.15) is 5.78 Å². The van der Waals surface area contributed by atoms with Crippen LogP contribution in [-0.4, -0.2) is 30.7 Å². The zero-order valence-electron chi connectivity index (χ0n) is 8.63. The quantitative estimate of drug-likeness (QED) is 0.625. The summed E-state index contributed by atoms with van der Waals surface area (Å²) in [7, 11) is 0. The minimum Gasteiger partial charge on any atom is -0.375 e. The molecule has 0 heterocycles. The molecule has 3 heteroatoms. The molecule has 0 N–H and O–H groups in total. The fourth-order valence-corrected chi connectivity index (χ4v) is 1.13. The number of carbonyl (C=O) groups excluding carboxylic acids is 1. The smallest absolute Gasteiger partial charge is 0.138 e. The molecule has 0 radical (unpaired) electrons. The van der Waals surface area contributed by atoms with Gasteiger partial charge in [0, 0.05) is 12.8 Å². The number of ketones is 1. The van der Waals surface area contributed by atoms with Gasteiger partial charge in [0.15, 0.2) is 0 Å². The van der Waals surface area contributed by atoms with Crippen molar-refractivity contribution < 1.29 is 14.3 Å². The fourth-order valence-electron chi connectivity index (χ4n) is 1.13. The maximum atomic E-state index is 10.6. The number of hydrogen-bond donors (Lipinski definition) is 0. The van der Waals surface area contributed by atoms with Crippen LogP contribution >= 0.6 is 0 Å². The summed E-state index contributed by atoms with van der Waals surface area (Å²) in [4.78, 5) is 10.6. The second-order valence-corrected chi connectivity index (χ2v) is 4.40. The topological polar surface area (TPSA) is 35.5 Å². The maximum Gasteiger partial charge on any atom is 0.138 e. The van der Waals surface area contributed by atoms with Crippen LogP contribution in [0.4, 0.5) is 0 Å². The molecule has 3 nitrogen and oxygen atoms in total. The van der Waals surface area contributed by atoms with Crippen molar-refractivity contribution >= 4 is 5.78 Å². The maximum absolute atomic E-state index is 10.6. The van der Waals surface area contributed by atoms with E-state index in [0.29, 0.717) is 31.8 Å². The molecule has 0 atom stereocenters. The Morgan fingerprint density at radius 2 is 1.92 bits per heavy atom. The van der Waals surface area contributed by atoms with E-state index in [1.54, 1.807) is 0 Å². The van der Waals surface area contributed by atoms with Gasteiger partial charge in [0.25, 0.3) is 0 Å². The van der Waals surface area contributed by atoms with E-state index in [1.165, 1.54) is 0 Å². The summed E-state index contributed by atoms with van der Waals surface area (Å²) < 4.78 is 10.9. The van der Waals surface area contributed by atoms with Crippen LogP contribution in [0.1, 0.15) is 33.6 Å². The van der Waals surface area contributed by atoms with Crippen LogP contribution in [-0.2, 0) is 14.3 Å². The molecule has 1 fully saturated rings. The number of ether oxygens (including phenoxy) is 2. The molecule has 0 unspecified atom stereocenters. The van der Waals surface area contributed by atoms with E-state index in [0.717, 1.165) is 0 Å². The third-order valence-corrected chi connectivity index (χ3v) is 1.88. The Balaban J connectivity index is 1.93. The molecule has 0 aromatic carbocycles. The van der Waals surface area contributed by atoms with E-state index in [9.17, 15) is 4.79 Å². The molecule has 0 spiro atoms. The molecule has 0 amide bonds. The number of carbonyl (C=O) groups is 1. The van der Waals surface area contributed by atoms with Crippen molar-refractivity contribution in [2.24, 2.45) is 0 Å². The van der Waals surface area contributed by atoms with Gasteiger partial charge < -0.3 is 9.47 Å². The first-order valence-corrected chi connectivity index (χ1v) is 4.74. The van der Waals surface area contributed by atoms with Crippen molar-refractivity contribution in [3.8, 4) is 0 Å². The lowest BCUT2D eigenvalue weighted by atomic mass is 9.94. The predicted molar refractivity (Wildman–Crippen MR) is 49.7 cm³/mol. The summed E-state index contributed by atoms with van der Waals surface area (Å²) in [5.41, 5.74) is -0.0984. The first-order valence-electron chi connectivity index (χ1n) is 4.74. The van der Waals surface area contributed by atoms with Crippen LogP contribution in [0.2, 0.25) is 0 Å². The Morgan fingerprint density at radius 3 is 2.38 bits per heavy atom. The molecule has 0 aromatic rings. The van der Waals surface area contributed by atoms with Crippen LogP contribution in [0.15, 0.2) is 0 Å². The Bertz CT molecular complexity index is 173. The highest BCUT2D eigenvalue weighted by Crippen LogP contribution is 2.18. The van der Waals surface area contributed by atoms with Gasteiger partial charge in [-0.1, -0.05) is 0 Å². The molecule has 0 aliphatic heterocycles. The number of hydrogen-bond acceptors (Lipinski definition) is 3. The third kappa shape index (κ3) is 4.39.